The fraction of sp³-hybridized carbons (Fsp3) is 0.692. The zero-order valence-electron chi connectivity index (χ0n) is 10.8. The van der Waals surface area contributed by atoms with Gasteiger partial charge < -0.3 is 4.74 Å². The zero-order valence-corrected chi connectivity index (χ0v) is 10.8. The van der Waals surface area contributed by atoms with Crippen molar-refractivity contribution in [1.29, 1.82) is 0 Å². The molecule has 0 atom stereocenters. The van der Waals surface area contributed by atoms with Gasteiger partial charge in [0, 0.05) is 12.6 Å². The quantitative estimate of drug-likeness (QED) is 0.833. The van der Waals surface area contributed by atoms with Crippen molar-refractivity contribution in [3.63, 3.8) is 0 Å². The standard InChI is InChI=1S/C13H20N2O3/c1-2-18-13(17)11-8-12(16)15(14-11)9-10-6-4-3-5-7-10/h8,10,14H,2-7,9H2,1H3. The van der Waals surface area contributed by atoms with Gasteiger partial charge in [0.2, 0.25) is 0 Å². The topological polar surface area (TPSA) is 64.1 Å². The molecule has 0 amide bonds. The van der Waals surface area contributed by atoms with Gasteiger partial charge in [-0.1, -0.05) is 19.3 Å². The summed E-state index contributed by atoms with van der Waals surface area (Å²) >= 11 is 0. The van der Waals surface area contributed by atoms with E-state index in [0.29, 0.717) is 19.1 Å². The number of aromatic nitrogens is 2. The monoisotopic (exact) mass is 252 g/mol. The highest BCUT2D eigenvalue weighted by atomic mass is 16.5. The molecule has 1 saturated carbocycles. The second-order valence-corrected chi connectivity index (χ2v) is 4.84. The first-order chi connectivity index (χ1) is 8.70. The van der Waals surface area contributed by atoms with Gasteiger partial charge in [-0.05, 0) is 25.7 Å². The predicted octanol–water partition coefficient (Wildman–Crippen LogP) is 1.93. The average Bonchev–Trinajstić information content (AvgIpc) is 2.73. The Morgan fingerprint density at radius 1 is 1.44 bits per heavy atom. The second kappa shape index (κ2) is 5.89. The van der Waals surface area contributed by atoms with E-state index < -0.39 is 5.97 Å². The summed E-state index contributed by atoms with van der Waals surface area (Å²) in [6.07, 6.45) is 6.11. The van der Waals surface area contributed by atoms with Gasteiger partial charge in [0.1, 0.15) is 5.69 Å². The van der Waals surface area contributed by atoms with Crippen LogP contribution in [0.1, 0.15) is 49.5 Å². The largest absolute Gasteiger partial charge is 0.461 e. The van der Waals surface area contributed by atoms with Crippen molar-refractivity contribution >= 4 is 5.97 Å². The third-order valence-corrected chi connectivity index (χ3v) is 3.45. The number of esters is 1. The van der Waals surface area contributed by atoms with E-state index in [1.165, 1.54) is 42.9 Å². The first-order valence-corrected chi connectivity index (χ1v) is 6.67. The van der Waals surface area contributed by atoms with Crippen molar-refractivity contribution in [1.82, 2.24) is 9.78 Å². The molecule has 0 unspecified atom stereocenters. The van der Waals surface area contributed by atoms with Crippen LogP contribution in [0.5, 0.6) is 0 Å². The summed E-state index contributed by atoms with van der Waals surface area (Å²) in [5, 5.41) is 2.84. The van der Waals surface area contributed by atoms with E-state index in [1.807, 2.05) is 0 Å². The molecule has 0 bridgehead atoms. The molecule has 2 rings (SSSR count). The smallest absolute Gasteiger partial charge is 0.356 e. The van der Waals surface area contributed by atoms with Gasteiger partial charge in [0.05, 0.1) is 6.61 Å². The Labute approximate surface area is 106 Å². The summed E-state index contributed by atoms with van der Waals surface area (Å²) in [6, 6.07) is 1.32. The van der Waals surface area contributed by atoms with Crippen LogP contribution in [-0.2, 0) is 11.3 Å². The minimum absolute atomic E-state index is 0.149. The average molecular weight is 252 g/mol. The van der Waals surface area contributed by atoms with Gasteiger partial charge >= 0.3 is 5.97 Å². The van der Waals surface area contributed by atoms with Crippen molar-refractivity contribution in [3.8, 4) is 0 Å². The number of carbonyl (C=O) groups excluding carboxylic acids is 1. The molecule has 0 radical (unpaired) electrons. The lowest BCUT2D eigenvalue weighted by Crippen LogP contribution is -2.22. The molecule has 1 fully saturated rings. The van der Waals surface area contributed by atoms with Crippen LogP contribution in [0.25, 0.3) is 0 Å². The maximum atomic E-state index is 11.7. The van der Waals surface area contributed by atoms with Crippen molar-refractivity contribution in [2.45, 2.75) is 45.6 Å². The number of carbonyl (C=O) groups is 1. The third kappa shape index (κ3) is 3.03. The molecule has 0 aliphatic heterocycles. The van der Waals surface area contributed by atoms with Crippen LogP contribution in [0, 0.1) is 5.92 Å². The molecule has 0 aromatic carbocycles. The molecule has 0 spiro atoms. The summed E-state index contributed by atoms with van der Waals surface area (Å²) in [4.78, 5) is 23.2. The van der Waals surface area contributed by atoms with Crippen LogP contribution in [-0.4, -0.2) is 22.4 Å². The maximum absolute atomic E-state index is 11.7. The summed E-state index contributed by atoms with van der Waals surface area (Å²) in [5.74, 6) is 0.0853. The van der Waals surface area contributed by atoms with Crippen LogP contribution in [0.4, 0.5) is 0 Å². The van der Waals surface area contributed by atoms with Gasteiger partial charge in [-0.3, -0.25) is 14.6 Å². The van der Waals surface area contributed by atoms with E-state index in [4.69, 9.17) is 4.74 Å². The molecule has 1 aromatic heterocycles. The fourth-order valence-corrected chi connectivity index (χ4v) is 2.51. The molecule has 1 aliphatic carbocycles. The Kier molecular flexibility index (Phi) is 4.23. The van der Waals surface area contributed by atoms with Crippen LogP contribution in [0.2, 0.25) is 0 Å². The first-order valence-electron chi connectivity index (χ1n) is 6.67. The van der Waals surface area contributed by atoms with Crippen LogP contribution < -0.4 is 5.56 Å². The van der Waals surface area contributed by atoms with Crippen LogP contribution in [0.3, 0.4) is 0 Å². The Hall–Kier alpha value is -1.52. The molecular formula is C13H20N2O3. The van der Waals surface area contributed by atoms with Gasteiger partial charge in [-0.15, -0.1) is 0 Å². The fourth-order valence-electron chi connectivity index (χ4n) is 2.51. The van der Waals surface area contributed by atoms with Crippen molar-refractivity contribution in [2.75, 3.05) is 6.61 Å². The summed E-state index contributed by atoms with van der Waals surface area (Å²) < 4.78 is 6.39. The van der Waals surface area contributed by atoms with Crippen molar-refractivity contribution < 1.29 is 9.53 Å². The lowest BCUT2D eigenvalue weighted by atomic mass is 9.89. The second-order valence-electron chi connectivity index (χ2n) is 4.84. The van der Waals surface area contributed by atoms with Crippen molar-refractivity contribution in [3.05, 3.63) is 22.1 Å². The van der Waals surface area contributed by atoms with Gasteiger partial charge in [0.15, 0.2) is 0 Å². The number of hydrogen-bond acceptors (Lipinski definition) is 3. The van der Waals surface area contributed by atoms with Crippen LogP contribution in [0.15, 0.2) is 10.9 Å². The Bertz CT molecular complexity index is 455. The van der Waals surface area contributed by atoms with E-state index in [1.54, 1.807) is 6.92 Å². The van der Waals surface area contributed by atoms with E-state index >= 15 is 0 Å². The molecule has 1 aromatic rings. The lowest BCUT2D eigenvalue weighted by Gasteiger charge is -2.21. The molecule has 0 saturated heterocycles. The van der Waals surface area contributed by atoms with E-state index in [0.717, 1.165) is 0 Å². The Morgan fingerprint density at radius 2 is 2.17 bits per heavy atom. The Morgan fingerprint density at radius 3 is 2.83 bits per heavy atom. The predicted molar refractivity (Wildman–Crippen MR) is 67.6 cm³/mol. The molecule has 1 N–H and O–H groups in total. The maximum Gasteiger partial charge on any atom is 0.356 e. The zero-order chi connectivity index (χ0) is 13.0. The minimum atomic E-state index is -0.461. The van der Waals surface area contributed by atoms with E-state index in [9.17, 15) is 9.59 Å². The number of ether oxygens (including phenoxy) is 1. The molecule has 1 heterocycles. The number of H-pyrrole nitrogens is 1. The van der Waals surface area contributed by atoms with Gasteiger partial charge in [0.25, 0.3) is 5.56 Å². The molecule has 5 heteroatoms. The molecule has 5 nitrogen and oxygen atoms in total. The minimum Gasteiger partial charge on any atom is -0.461 e. The highest BCUT2D eigenvalue weighted by molar-refractivity contribution is 5.86. The summed E-state index contributed by atoms with van der Waals surface area (Å²) in [7, 11) is 0. The Balaban J connectivity index is 2.04. The highest BCUT2D eigenvalue weighted by Crippen LogP contribution is 2.24. The van der Waals surface area contributed by atoms with Crippen molar-refractivity contribution in [2.24, 2.45) is 5.92 Å². The van der Waals surface area contributed by atoms with Gasteiger partial charge in [-0.2, -0.15) is 0 Å². The summed E-state index contributed by atoms with van der Waals surface area (Å²) in [5.41, 5.74) is 0.0984. The normalized spacial score (nSPS) is 16.7. The number of hydrogen-bond donors (Lipinski definition) is 1. The number of nitrogens with zero attached hydrogens (tertiary/aromatic N) is 1. The number of aromatic amines is 1. The lowest BCUT2D eigenvalue weighted by molar-refractivity contribution is 0.0518. The highest BCUT2D eigenvalue weighted by Gasteiger charge is 2.17. The molecule has 18 heavy (non-hydrogen) atoms. The van der Waals surface area contributed by atoms with E-state index in [-0.39, 0.29) is 11.3 Å². The molecule has 100 valence electrons. The number of nitrogens with one attached hydrogen (secondary N) is 1. The number of rotatable bonds is 4. The first kappa shape index (κ1) is 12.9. The van der Waals surface area contributed by atoms with E-state index in [2.05, 4.69) is 5.10 Å². The third-order valence-electron chi connectivity index (χ3n) is 3.45. The molecule has 1 aliphatic rings. The van der Waals surface area contributed by atoms with Gasteiger partial charge in [-0.25, -0.2) is 4.79 Å². The van der Waals surface area contributed by atoms with Crippen LogP contribution >= 0.6 is 0 Å². The summed E-state index contributed by atoms with van der Waals surface area (Å²) in [6.45, 7) is 2.74. The SMILES string of the molecule is CCOC(=O)c1cc(=O)n(CC2CCCCC2)[nH]1. The molecular weight excluding hydrogens is 232 g/mol.